The fourth-order valence-electron chi connectivity index (χ4n) is 2.41. The number of aryl methyl sites for hydroxylation is 3. The van der Waals surface area contributed by atoms with Gasteiger partial charge in [0.25, 0.3) is 10.0 Å². The Hall–Kier alpha value is -2.86. The Balaban J connectivity index is 1.73. The van der Waals surface area contributed by atoms with E-state index in [-0.39, 0.29) is 4.90 Å². The Bertz CT molecular complexity index is 1010. The summed E-state index contributed by atoms with van der Waals surface area (Å²) in [6.07, 6.45) is 1.50. The maximum absolute atomic E-state index is 12.5. The van der Waals surface area contributed by atoms with Gasteiger partial charge in [0, 0.05) is 5.69 Å². The van der Waals surface area contributed by atoms with E-state index in [0.29, 0.717) is 11.5 Å². The van der Waals surface area contributed by atoms with Gasteiger partial charge >= 0.3 is 0 Å². The van der Waals surface area contributed by atoms with Crippen LogP contribution in [0.4, 0.5) is 17.2 Å². The molecule has 0 radical (unpaired) electrons. The Morgan fingerprint density at radius 1 is 0.808 bits per heavy atom. The number of sulfonamides is 1. The molecule has 0 aliphatic heterocycles. The minimum absolute atomic E-state index is 0.238. The van der Waals surface area contributed by atoms with Crippen molar-refractivity contribution in [2.45, 2.75) is 25.7 Å². The Morgan fingerprint density at radius 2 is 1.50 bits per heavy atom. The van der Waals surface area contributed by atoms with Crippen molar-refractivity contribution < 1.29 is 8.42 Å². The molecule has 0 unspecified atom stereocenters. The minimum Gasteiger partial charge on any atom is -0.340 e. The van der Waals surface area contributed by atoms with Crippen molar-refractivity contribution in [3.63, 3.8) is 0 Å². The van der Waals surface area contributed by atoms with Crippen molar-refractivity contribution in [3.8, 4) is 0 Å². The van der Waals surface area contributed by atoms with Gasteiger partial charge in [-0.05, 0) is 68.3 Å². The third-order valence-electron chi connectivity index (χ3n) is 4.13. The van der Waals surface area contributed by atoms with E-state index in [4.69, 9.17) is 0 Å². The molecule has 26 heavy (non-hydrogen) atoms. The molecule has 3 rings (SSSR count). The van der Waals surface area contributed by atoms with Gasteiger partial charge < -0.3 is 5.32 Å². The lowest BCUT2D eigenvalue weighted by Crippen LogP contribution is -2.13. The van der Waals surface area contributed by atoms with Gasteiger partial charge in [0.05, 0.1) is 16.8 Å². The fraction of sp³-hybridized carbons (Fsp3) is 0.150. The molecule has 0 aliphatic rings. The first-order valence-corrected chi connectivity index (χ1v) is 9.72. The van der Waals surface area contributed by atoms with E-state index < -0.39 is 10.0 Å². The molecule has 6 heteroatoms. The Kier molecular flexibility index (Phi) is 4.95. The molecule has 0 bridgehead atoms. The highest BCUT2D eigenvalue weighted by Crippen LogP contribution is 2.20. The summed E-state index contributed by atoms with van der Waals surface area (Å²) in [6.45, 7) is 5.86. The third-order valence-corrected chi connectivity index (χ3v) is 5.51. The molecular weight excluding hydrogens is 346 g/mol. The molecule has 0 fully saturated rings. The second kappa shape index (κ2) is 7.17. The highest BCUT2D eigenvalue weighted by Gasteiger charge is 2.15. The number of aromatic nitrogens is 1. The number of nitrogens with one attached hydrogen (secondary N) is 2. The first-order valence-electron chi connectivity index (χ1n) is 8.23. The van der Waals surface area contributed by atoms with Crippen molar-refractivity contribution in [3.05, 3.63) is 77.5 Å². The van der Waals surface area contributed by atoms with Crippen LogP contribution < -0.4 is 10.0 Å². The van der Waals surface area contributed by atoms with E-state index in [2.05, 4.69) is 15.0 Å². The minimum atomic E-state index is -3.64. The number of pyridine rings is 1. The summed E-state index contributed by atoms with van der Waals surface area (Å²) in [6, 6.07) is 16.4. The first kappa shape index (κ1) is 17.9. The van der Waals surface area contributed by atoms with Crippen LogP contribution in [0.1, 0.15) is 16.7 Å². The molecule has 1 aromatic heterocycles. The number of benzene rings is 2. The van der Waals surface area contributed by atoms with Gasteiger partial charge in [-0.3, -0.25) is 4.72 Å². The first-order chi connectivity index (χ1) is 12.3. The summed E-state index contributed by atoms with van der Waals surface area (Å²) in [4.78, 5) is 4.51. The molecule has 0 saturated heterocycles. The van der Waals surface area contributed by atoms with Gasteiger partial charge in [-0.15, -0.1) is 0 Å². The van der Waals surface area contributed by atoms with Crippen LogP contribution in [-0.4, -0.2) is 13.4 Å². The zero-order chi connectivity index (χ0) is 18.7. The Labute approximate surface area is 154 Å². The molecule has 0 amide bonds. The SMILES string of the molecule is Cc1ccc(Nc2ccc(NS(=O)(=O)c3ccc(C)c(C)c3)cn2)cc1. The second-order valence-corrected chi connectivity index (χ2v) is 7.96. The van der Waals surface area contributed by atoms with Crippen LogP contribution in [0.2, 0.25) is 0 Å². The highest BCUT2D eigenvalue weighted by atomic mass is 32.2. The molecule has 5 nitrogen and oxygen atoms in total. The largest absolute Gasteiger partial charge is 0.340 e. The number of anilines is 3. The lowest BCUT2D eigenvalue weighted by atomic mass is 10.1. The number of rotatable bonds is 5. The molecule has 2 aromatic carbocycles. The van der Waals surface area contributed by atoms with Gasteiger partial charge in [-0.2, -0.15) is 0 Å². The van der Waals surface area contributed by atoms with E-state index in [0.717, 1.165) is 16.8 Å². The van der Waals surface area contributed by atoms with E-state index in [1.165, 1.54) is 11.8 Å². The molecule has 0 aliphatic carbocycles. The monoisotopic (exact) mass is 367 g/mol. The number of nitrogens with zero attached hydrogens (tertiary/aromatic N) is 1. The summed E-state index contributed by atoms with van der Waals surface area (Å²) in [5.74, 6) is 0.642. The van der Waals surface area contributed by atoms with Gasteiger partial charge in [-0.1, -0.05) is 23.8 Å². The zero-order valence-corrected chi connectivity index (χ0v) is 15.8. The van der Waals surface area contributed by atoms with E-state index in [1.54, 1.807) is 30.3 Å². The van der Waals surface area contributed by atoms with E-state index >= 15 is 0 Å². The quantitative estimate of drug-likeness (QED) is 0.694. The highest BCUT2D eigenvalue weighted by molar-refractivity contribution is 7.92. The van der Waals surface area contributed by atoms with Crippen molar-refractivity contribution in [1.82, 2.24) is 4.98 Å². The molecule has 1 heterocycles. The van der Waals surface area contributed by atoms with E-state index in [1.807, 2.05) is 45.0 Å². The third kappa shape index (κ3) is 4.21. The van der Waals surface area contributed by atoms with Crippen LogP contribution in [0, 0.1) is 20.8 Å². The van der Waals surface area contributed by atoms with Crippen LogP contribution in [0.3, 0.4) is 0 Å². The number of hydrogen-bond donors (Lipinski definition) is 2. The van der Waals surface area contributed by atoms with Crippen molar-refractivity contribution in [1.29, 1.82) is 0 Å². The lowest BCUT2D eigenvalue weighted by Gasteiger charge is -2.11. The Morgan fingerprint density at radius 3 is 2.12 bits per heavy atom. The number of hydrogen-bond acceptors (Lipinski definition) is 4. The summed E-state index contributed by atoms with van der Waals surface area (Å²) in [7, 11) is -3.64. The molecule has 0 saturated carbocycles. The van der Waals surface area contributed by atoms with Crippen molar-refractivity contribution >= 4 is 27.2 Å². The van der Waals surface area contributed by atoms with Gasteiger partial charge in [-0.25, -0.2) is 13.4 Å². The van der Waals surface area contributed by atoms with E-state index in [9.17, 15) is 8.42 Å². The van der Waals surface area contributed by atoms with Crippen molar-refractivity contribution in [2.24, 2.45) is 0 Å². The molecule has 134 valence electrons. The summed E-state index contributed by atoms with van der Waals surface area (Å²) >= 11 is 0. The van der Waals surface area contributed by atoms with Crippen molar-refractivity contribution in [2.75, 3.05) is 10.0 Å². The molecule has 3 aromatic rings. The second-order valence-electron chi connectivity index (χ2n) is 6.27. The predicted octanol–water partition coefficient (Wildman–Crippen LogP) is 4.55. The molecule has 0 spiro atoms. The maximum atomic E-state index is 12.5. The van der Waals surface area contributed by atoms with Gasteiger partial charge in [0.15, 0.2) is 0 Å². The maximum Gasteiger partial charge on any atom is 0.261 e. The normalized spacial score (nSPS) is 11.2. The standard InChI is InChI=1S/C20H21N3O2S/c1-14-4-7-17(8-5-14)22-20-11-9-18(13-21-20)23-26(24,25)19-10-6-15(2)16(3)12-19/h4-13,23H,1-3H3,(H,21,22). The lowest BCUT2D eigenvalue weighted by molar-refractivity contribution is 0.601. The zero-order valence-electron chi connectivity index (χ0n) is 14.9. The molecular formula is C20H21N3O2S. The summed E-state index contributed by atoms with van der Waals surface area (Å²) in [5, 5.41) is 3.18. The predicted molar refractivity (Wildman–Crippen MR) is 105 cm³/mol. The van der Waals surface area contributed by atoms with Crippen LogP contribution in [0.5, 0.6) is 0 Å². The van der Waals surface area contributed by atoms with Crippen LogP contribution in [0.25, 0.3) is 0 Å². The van der Waals surface area contributed by atoms with Crippen LogP contribution in [-0.2, 0) is 10.0 Å². The van der Waals surface area contributed by atoms with Crippen LogP contribution >= 0.6 is 0 Å². The van der Waals surface area contributed by atoms with Gasteiger partial charge in [0.2, 0.25) is 0 Å². The smallest absolute Gasteiger partial charge is 0.261 e. The van der Waals surface area contributed by atoms with Crippen LogP contribution in [0.15, 0.2) is 65.7 Å². The summed E-state index contributed by atoms with van der Waals surface area (Å²) < 4.78 is 27.6. The topological polar surface area (TPSA) is 71.1 Å². The molecule has 0 atom stereocenters. The molecule has 2 N–H and O–H groups in total. The average Bonchev–Trinajstić information content (AvgIpc) is 2.61. The fourth-order valence-corrected chi connectivity index (χ4v) is 3.54. The average molecular weight is 367 g/mol. The summed E-state index contributed by atoms with van der Waals surface area (Å²) in [5.41, 5.74) is 4.50. The van der Waals surface area contributed by atoms with Gasteiger partial charge in [0.1, 0.15) is 5.82 Å².